The fourth-order valence-corrected chi connectivity index (χ4v) is 2.65. The number of para-hydroxylation sites is 1. The summed E-state index contributed by atoms with van der Waals surface area (Å²) in [5.74, 6) is -1.13. The summed E-state index contributed by atoms with van der Waals surface area (Å²) in [5.41, 5.74) is 0.607. The van der Waals surface area contributed by atoms with E-state index in [0.717, 1.165) is 10.9 Å². The molecule has 1 N–H and O–H groups in total. The van der Waals surface area contributed by atoms with Gasteiger partial charge in [-0.15, -0.1) is 4.80 Å². The zero-order valence-corrected chi connectivity index (χ0v) is 14.4. The first-order valence-electron chi connectivity index (χ1n) is 7.76. The van der Waals surface area contributed by atoms with Crippen LogP contribution in [-0.4, -0.2) is 35.7 Å². The van der Waals surface area contributed by atoms with E-state index in [2.05, 4.69) is 25.6 Å². The molecule has 8 nitrogen and oxygen atoms in total. The molecule has 0 bridgehead atoms. The van der Waals surface area contributed by atoms with Crippen molar-refractivity contribution in [1.29, 1.82) is 0 Å². The van der Waals surface area contributed by atoms with Crippen molar-refractivity contribution in [3.8, 4) is 11.5 Å². The fraction of sp³-hybridized carbons (Fsp3) is 0. The number of aromatic nitrogens is 6. The van der Waals surface area contributed by atoms with E-state index < -0.39 is 11.9 Å². The van der Waals surface area contributed by atoms with Crippen molar-refractivity contribution in [3.63, 3.8) is 0 Å². The van der Waals surface area contributed by atoms with Gasteiger partial charge in [0.2, 0.25) is 5.95 Å². The lowest BCUT2D eigenvalue weighted by Gasteiger charge is -2.07. The van der Waals surface area contributed by atoms with Gasteiger partial charge in [-0.3, -0.25) is 4.79 Å². The van der Waals surface area contributed by atoms with Crippen LogP contribution in [-0.2, 0) is 0 Å². The number of hydrogen-bond acceptors (Lipinski definition) is 5. The summed E-state index contributed by atoms with van der Waals surface area (Å²) in [5, 5.41) is 14.6. The summed E-state index contributed by atoms with van der Waals surface area (Å²) >= 11 is 6.16. The van der Waals surface area contributed by atoms with E-state index >= 15 is 0 Å². The number of pyridine rings is 1. The molecule has 0 saturated carbocycles. The Morgan fingerprint density at radius 1 is 1.07 bits per heavy atom. The van der Waals surface area contributed by atoms with Crippen LogP contribution >= 0.6 is 11.6 Å². The highest BCUT2D eigenvalue weighted by molar-refractivity contribution is 6.32. The second-order valence-corrected chi connectivity index (χ2v) is 5.81. The van der Waals surface area contributed by atoms with Crippen LogP contribution in [0.4, 0.5) is 10.1 Å². The van der Waals surface area contributed by atoms with Crippen molar-refractivity contribution in [3.05, 3.63) is 77.7 Å². The van der Waals surface area contributed by atoms with E-state index in [-0.39, 0.29) is 10.6 Å². The van der Waals surface area contributed by atoms with Crippen LogP contribution in [0.2, 0.25) is 5.02 Å². The zero-order chi connectivity index (χ0) is 18.8. The molecule has 10 heteroatoms. The Bertz CT molecular complexity index is 1100. The van der Waals surface area contributed by atoms with Gasteiger partial charge < -0.3 is 5.32 Å². The number of nitrogens with zero attached hydrogens (tertiary/aromatic N) is 6. The minimum absolute atomic E-state index is 0.201. The van der Waals surface area contributed by atoms with Gasteiger partial charge in [-0.2, -0.15) is 19.7 Å². The van der Waals surface area contributed by atoms with Gasteiger partial charge in [0.1, 0.15) is 5.56 Å². The second kappa shape index (κ2) is 6.96. The minimum atomic E-state index is -0.768. The lowest BCUT2D eigenvalue weighted by molar-refractivity contribution is 0.102. The molecule has 0 spiro atoms. The zero-order valence-electron chi connectivity index (χ0n) is 13.6. The molecule has 0 saturated heterocycles. The molecule has 1 aromatic carbocycles. The molecule has 0 radical (unpaired) electrons. The topological polar surface area (TPSA) is 90.5 Å². The first-order valence-corrected chi connectivity index (χ1v) is 8.14. The first-order chi connectivity index (χ1) is 13.1. The van der Waals surface area contributed by atoms with Gasteiger partial charge >= 0.3 is 0 Å². The van der Waals surface area contributed by atoms with Gasteiger partial charge in [0.05, 0.1) is 41.2 Å². The Balaban J connectivity index is 1.56. The van der Waals surface area contributed by atoms with E-state index in [1.807, 2.05) is 0 Å². The molecule has 27 heavy (non-hydrogen) atoms. The summed E-state index contributed by atoms with van der Waals surface area (Å²) in [4.78, 5) is 17.8. The fourth-order valence-electron chi connectivity index (χ4n) is 2.40. The minimum Gasteiger partial charge on any atom is -0.320 e. The van der Waals surface area contributed by atoms with Crippen molar-refractivity contribution in [2.45, 2.75) is 0 Å². The number of nitrogens with one attached hydrogen (secondary N) is 1. The predicted octanol–water partition coefficient (Wildman–Crippen LogP) is 2.89. The largest absolute Gasteiger partial charge is 0.320 e. The molecule has 4 aromatic rings. The first kappa shape index (κ1) is 16.9. The highest BCUT2D eigenvalue weighted by Gasteiger charge is 2.19. The van der Waals surface area contributed by atoms with E-state index in [1.54, 1.807) is 30.3 Å². The molecule has 4 rings (SSSR count). The molecule has 0 aliphatic rings. The number of benzene rings is 1. The average molecular weight is 384 g/mol. The van der Waals surface area contributed by atoms with Crippen molar-refractivity contribution in [2.24, 2.45) is 0 Å². The summed E-state index contributed by atoms with van der Waals surface area (Å²) in [6.07, 6.45) is 5.51. The van der Waals surface area contributed by atoms with Crippen LogP contribution in [0.25, 0.3) is 11.5 Å². The number of rotatable bonds is 4. The molecule has 0 fully saturated rings. The van der Waals surface area contributed by atoms with Crippen LogP contribution in [0.3, 0.4) is 0 Å². The molecule has 1 amide bonds. The molecule has 3 aromatic heterocycles. The molecule has 134 valence electrons. The standard InChI is InChI=1S/C17H11ClFN7O/c18-14-8-11(9-20-16(14)26-21-6-7-22-26)24-17(27)13-10-23-25(15(13)19)12-4-2-1-3-5-12/h1-10H,(H,24,27). The normalized spacial score (nSPS) is 10.7. The maximum atomic E-state index is 14.6. The van der Waals surface area contributed by atoms with Crippen LogP contribution in [0.5, 0.6) is 0 Å². The van der Waals surface area contributed by atoms with Crippen molar-refractivity contribution in [1.82, 2.24) is 29.8 Å². The number of carbonyl (C=O) groups excluding carboxylic acids is 1. The SMILES string of the molecule is O=C(Nc1cnc(-n2nccn2)c(Cl)c1)c1cnn(-c2ccccc2)c1F. The lowest BCUT2D eigenvalue weighted by Crippen LogP contribution is -2.14. The number of carbonyl (C=O) groups is 1. The highest BCUT2D eigenvalue weighted by Crippen LogP contribution is 2.21. The van der Waals surface area contributed by atoms with Gasteiger partial charge in [-0.05, 0) is 18.2 Å². The number of halogens is 2. The molecule has 0 atom stereocenters. The number of hydrogen-bond donors (Lipinski definition) is 1. The number of amides is 1. The molecular formula is C17H11ClFN7O. The van der Waals surface area contributed by atoms with Gasteiger partial charge in [-0.1, -0.05) is 29.8 Å². The van der Waals surface area contributed by atoms with Gasteiger partial charge in [0, 0.05) is 0 Å². The lowest BCUT2D eigenvalue weighted by atomic mass is 10.3. The van der Waals surface area contributed by atoms with Gasteiger partial charge in [0.15, 0.2) is 5.82 Å². The summed E-state index contributed by atoms with van der Waals surface area (Å²) in [6, 6.07) is 10.1. The van der Waals surface area contributed by atoms with E-state index in [9.17, 15) is 9.18 Å². The summed E-state index contributed by atoms with van der Waals surface area (Å²) in [7, 11) is 0. The number of anilines is 1. The molecule has 0 aliphatic heterocycles. The Labute approximate surface area is 157 Å². The Hall–Kier alpha value is -3.59. The third-order valence-corrected chi connectivity index (χ3v) is 3.92. The van der Waals surface area contributed by atoms with Crippen molar-refractivity contribution < 1.29 is 9.18 Å². The van der Waals surface area contributed by atoms with Crippen LogP contribution in [0, 0.1) is 5.95 Å². The third-order valence-electron chi connectivity index (χ3n) is 3.64. The Kier molecular flexibility index (Phi) is 4.35. The van der Waals surface area contributed by atoms with E-state index in [0.29, 0.717) is 17.2 Å². The van der Waals surface area contributed by atoms with Crippen LogP contribution < -0.4 is 5.32 Å². The van der Waals surface area contributed by atoms with Crippen molar-refractivity contribution in [2.75, 3.05) is 5.32 Å². The quantitative estimate of drug-likeness (QED) is 0.585. The molecule has 0 aliphatic carbocycles. The van der Waals surface area contributed by atoms with Gasteiger partial charge in [0.25, 0.3) is 5.91 Å². The van der Waals surface area contributed by atoms with E-state index in [4.69, 9.17) is 11.6 Å². The maximum absolute atomic E-state index is 14.6. The maximum Gasteiger partial charge on any atom is 0.262 e. The Morgan fingerprint density at radius 2 is 1.81 bits per heavy atom. The predicted molar refractivity (Wildman–Crippen MR) is 95.6 cm³/mol. The smallest absolute Gasteiger partial charge is 0.262 e. The second-order valence-electron chi connectivity index (χ2n) is 5.40. The van der Waals surface area contributed by atoms with Gasteiger partial charge in [-0.25, -0.2) is 9.67 Å². The van der Waals surface area contributed by atoms with Crippen LogP contribution in [0.1, 0.15) is 10.4 Å². The van der Waals surface area contributed by atoms with Crippen molar-refractivity contribution >= 4 is 23.2 Å². The molecule has 3 heterocycles. The molecular weight excluding hydrogens is 373 g/mol. The summed E-state index contributed by atoms with van der Waals surface area (Å²) in [6.45, 7) is 0. The average Bonchev–Trinajstić information content (AvgIpc) is 3.32. The van der Waals surface area contributed by atoms with Crippen LogP contribution in [0.15, 0.2) is 61.2 Å². The highest BCUT2D eigenvalue weighted by atomic mass is 35.5. The Morgan fingerprint density at radius 3 is 2.52 bits per heavy atom. The summed E-state index contributed by atoms with van der Waals surface area (Å²) < 4.78 is 15.6. The molecule has 0 unspecified atom stereocenters. The van der Waals surface area contributed by atoms with E-state index in [1.165, 1.54) is 29.5 Å². The monoisotopic (exact) mass is 383 g/mol. The third kappa shape index (κ3) is 3.27.